The lowest BCUT2D eigenvalue weighted by atomic mass is 10.6. The molecule has 0 aliphatic heterocycles. The normalized spacial score (nSPS) is 9.62. The summed E-state index contributed by atoms with van der Waals surface area (Å²) in [5, 5.41) is 0. The van der Waals surface area contributed by atoms with E-state index < -0.39 is 5.91 Å². The molecule has 0 spiro atoms. The molecule has 0 saturated heterocycles. The van der Waals surface area contributed by atoms with Crippen LogP contribution in [0.15, 0.2) is 12.3 Å². The molecule has 0 aromatic carbocycles. The lowest BCUT2D eigenvalue weighted by Crippen LogP contribution is -2.05. The molecule has 0 rings (SSSR count). The SMILES string of the molecule is CCOC=CC(N)=O. The van der Waals surface area contributed by atoms with Crippen LogP contribution in [-0.2, 0) is 9.53 Å². The first-order valence-corrected chi connectivity index (χ1v) is 2.35. The summed E-state index contributed by atoms with van der Waals surface area (Å²) in [6, 6.07) is 0. The van der Waals surface area contributed by atoms with Crippen LogP contribution in [0.5, 0.6) is 0 Å². The van der Waals surface area contributed by atoms with Crippen molar-refractivity contribution in [3.63, 3.8) is 0 Å². The van der Waals surface area contributed by atoms with E-state index in [0.29, 0.717) is 6.61 Å². The highest BCUT2D eigenvalue weighted by atomic mass is 16.5. The Morgan fingerprint density at radius 3 is 2.88 bits per heavy atom. The van der Waals surface area contributed by atoms with Gasteiger partial charge in [-0.1, -0.05) is 0 Å². The topological polar surface area (TPSA) is 52.3 Å². The maximum atomic E-state index is 9.93. The zero-order valence-electron chi connectivity index (χ0n) is 4.76. The van der Waals surface area contributed by atoms with E-state index in [1.54, 1.807) is 0 Å². The molecule has 0 radical (unpaired) electrons. The second-order valence-corrected chi connectivity index (χ2v) is 1.16. The average Bonchev–Trinajstić information content (AvgIpc) is 1.66. The van der Waals surface area contributed by atoms with Crippen molar-refractivity contribution in [2.75, 3.05) is 6.61 Å². The lowest BCUT2D eigenvalue weighted by Gasteiger charge is -1.88. The molecule has 0 heterocycles. The molecule has 0 bridgehead atoms. The predicted octanol–water partition coefficient (Wildman–Crippen LogP) is 0.0219. The van der Waals surface area contributed by atoms with Gasteiger partial charge in [-0.15, -0.1) is 0 Å². The van der Waals surface area contributed by atoms with E-state index in [1.807, 2.05) is 6.92 Å². The fourth-order valence-electron chi connectivity index (χ4n) is 0.211. The fraction of sp³-hybridized carbons (Fsp3) is 0.400. The molecule has 0 saturated carbocycles. The maximum absolute atomic E-state index is 9.93. The van der Waals surface area contributed by atoms with Crippen molar-refractivity contribution < 1.29 is 9.53 Å². The summed E-state index contributed by atoms with van der Waals surface area (Å²) in [6.07, 6.45) is 2.45. The van der Waals surface area contributed by atoms with E-state index in [9.17, 15) is 4.79 Å². The third kappa shape index (κ3) is 5.01. The molecule has 0 aliphatic carbocycles. The second-order valence-electron chi connectivity index (χ2n) is 1.16. The van der Waals surface area contributed by atoms with Crippen molar-refractivity contribution in [1.82, 2.24) is 0 Å². The lowest BCUT2D eigenvalue weighted by molar-refractivity contribution is -0.113. The van der Waals surface area contributed by atoms with E-state index in [-0.39, 0.29) is 0 Å². The number of hydrogen-bond donors (Lipinski definition) is 1. The molecule has 0 atom stereocenters. The molecule has 1 amide bonds. The van der Waals surface area contributed by atoms with Gasteiger partial charge in [0.25, 0.3) is 0 Å². The summed E-state index contributed by atoms with van der Waals surface area (Å²) in [5.41, 5.74) is 4.73. The van der Waals surface area contributed by atoms with Crippen LogP contribution in [-0.4, -0.2) is 12.5 Å². The van der Waals surface area contributed by atoms with Crippen LogP contribution < -0.4 is 5.73 Å². The molecule has 2 N–H and O–H groups in total. The Bertz CT molecular complexity index is 98.6. The van der Waals surface area contributed by atoms with Gasteiger partial charge in [0.15, 0.2) is 0 Å². The van der Waals surface area contributed by atoms with Gasteiger partial charge in [0.05, 0.1) is 12.9 Å². The van der Waals surface area contributed by atoms with Crippen molar-refractivity contribution in [3.8, 4) is 0 Å². The Morgan fingerprint density at radius 2 is 2.50 bits per heavy atom. The van der Waals surface area contributed by atoms with Gasteiger partial charge < -0.3 is 10.5 Å². The first-order valence-electron chi connectivity index (χ1n) is 2.35. The number of nitrogens with two attached hydrogens (primary N) is 1. The number of carbonyl (C=O) groups excluding carboxylic acids is 1. The number of primary amides is 1. The summed E-state index contributed by atoms with van der Waals surface area (Å²) in [4.78, 5) is 9.93. The minimum absolute atomic E-state index is 0.488. The quantitative estimate of drug-likeness (QED) is 0.416. The van der Waals surface area contributed by atoms with Crippen molar-refractivity contribution >= 4 is 5.91 Å². The minimum Gasteiger partial charge on any atom is -0.501 e. The zero-order chi connectivity index (χ0) is 6.41. The van der Waals surface area contributed by atoms with Gasteiger partial charge in [-0.2, -0.15) is 0 Å². The van der Waals surface area contributed by atoms with Crippen LogP contribution in [0.2, 0.25) is 0 Å². The molecular weight excluding hydrogens is 106 g/mol. The molecular formula is C5H9NO2. The van der Waals surface area contributed by atoms with Crippen molar-refractivity contribution in [1.29, 1.82) is 0 Å². The van der Waals surface area contributed by atoms with Crippen LogP contribution in [0.3, 0.4) is 0 Å². The molecule has 8 heavy (non-hydrogen) atoms. The molecule has 0 aromatic rings. The monoisotopic (exact) mass is 115 g/mol. The summed E-state index contributed by atoms with van der Waals surface area (Å²) < 4.78 is 4.66. The van der Waals surface area contributed by atoms with Crippen LogP contribution in [0.1, 0.15) is 6.92 Å². The molecule has 0 unspecified atom stereocenters. The number of rotatable bonds is 3. The third-order valence-corrected chi connectivity index (χ3v) is 0.495. The predicted molar refractivity (Wildman–Crippen MR) is 30.0 cm³/mol. The van der Waals surface area contributed by atoms with Gasteiger partial charge in [-0.05, 0) is 6.92 Å². The van der Waals surface area contributed by atoms with Crippen molar-refractivity contribution in [3.05, 3.63) is 12.3 Å². The van der Waals surface area contributed by atoms with Gasteiger partial charge in [-0.25, -0.2) is 0 Å². The Hall–Kier alpha value is -0.990. The number of carbonyl (C=O) groups is 1. The standard InChI is InChI=1S/C5H9NO2/c1-2-8-4-3-5(6)7/h3-4H,2H2,1H3,(H2,6,7). The Morgan fingerprint density at radius 1 is 1.88 bits per heavy atom. The van der Waals surface area contributed by atoms with Crippen molar-refractivity contribution in [2.45, 2.75) is 6.92 Å². The van der Waals surface area contributed by atoms with Gasteiger partial charge in [0.2, 0.25) is 5.91 Å². The van der Waals surface area contributed by atoms with E-state index in [4.69, 9.17) is 5.73 Å². The summed E-state index contributed by atoms with van der Waals surface area (Å²) in [7, 11) is 0. The smallest absolute Gasteiger partial charge is 0.244 e. The van der Waals surface area contributed by atoms with Crippen LogP contribution in [0.25, 0.3) is 0 Å². The Balaban J connectivity index is 3.20. The number of ether oxygens (including phenoxy) is 1. The second kappa shape index (κ2) is 4.18. The van der Waals surface area contributed by atoms with Gasteiger partial charge in [0.1, 0.15) is 0 Å². The van der Waals surface area contributed by atoms with Crippen LogP contribution in [0.4, 0.5) is 0 Å². The molecule has 0 aliphatic rings. The highest BCUT2D eigenvalue weighted by Gasteiger charge is 1.78. The van der Waals surface area contributed by atoms with Gasteiger partial charge in [0, 0.05) is 6.08 Å². The average molecular weight is 115 g/mol. The summed E-state index contributed by atoms with van der Waals surface area (Å²) >= 11 is 0. The fourth-order valence-corrected chi connectivity index (χ4v) is 0.211. The maximum Gasteiger partial charge on any atom is 0.244 e. The first-order chi connectivity index (χ1) is 3.77. The molecule has 0 aromatic heterocycles. The number of hydrogen-bond acceptors (Lipinski definition) is 2. The minimum atomic E-state index is -0.488. The molecule has 3 heteroatoms. The van der Waals surface area contributed by atoms with Gasteiger partial charge >= 0.3 is 0 Å². The third-order valence-electron chi connectivity index (χ3n) is 0.495. The summed E-state index contributed by atoms with van der Waals surface area (Å²) in [6.45, 7) is 2.38. The first kappa shape index (κ1) is 7.01. The highest BCUT2D eigenvalue weighted by Crippen LogP contribution is 1.73. The Labute approximate surface area is 48.1 Å². The van der Waals surface area contributed by atoms with Crippen LogP contribution in [0, 0.1) is 0 Å². The highest BCUT2D eigenvalue weighted by molar-refractivity contribution is 5.85. The molecule has 46 valence electrons. The summed E-state index contributed by atoms with van der Waals surface area (Å²) in [5.74, 6) is -0.488. The van der Waals surface area contributed by atoms with E-state index in [1.165, 1.54) is 12.3 Å². The van der Waals surface area contributed by atoms with E-state index in [2.05, 4.69) is 4.74 Å². The van der Waals surface area contributed by atoms with Gasteiger partial charge in [-0.3, -0.25) is 4.79 Å². The molecule has 0 fully saturated rings. The van der Waals surface area contributed by atoms with E-state index in [0.717, 1.165) is 0 Å². The number of amides is 1. The largest absolute Gasteiger partial charge is 0.501 e. The van der Waals surface area contributed by atoms with E-state index >= 15 is 0 Å². The Kier molecular flexibility index (Phi) is 3.66. The van der Waals surface area contributed by atoms with Crippen molar-refractivity contribution in [2.24, 2.45) is 5.73 Å². The molecule has 3 nitrogen and oxygen atoms in total. The van der Waals surface area contributed by atoms with Crippen LogP contribution >= 0.6 is 0 Å². The zero-order valence-corrected chi connectivity index (χ0v) is 4.76.